The molecule has 0 fully saturated rings. The molecular formula is C9H13N3O2S2. The van der Waals surface area contributed by atoms with Crippen molar-refractivity contribution in [1.82, 2.24) is 4.98 Å². The molecule has 5 nitrogen and oxygen atoms in total. The molecule has 1 unspecified atom stereocenters. The Morgan fingerprint density at radius 2 is 2.12 bits per heavy atom. The maximum absolute atomic E-state index is 11.9. The lowest BCUT2D eigenvalue weighted by molar-refractivity contribution is 0.594. The summed E-state index contributed by atoms with van der Waals surface area (Å²) in [4.78, 5) is 3.77. The predicted molar refractivity (Wildman–Crippen MR) is 67.6 cm³/mol. The SMILES string of the molecule is CCC(C(N)=S)S(=O)(=O)Nc1ccncc1. The van der Waals surface area contributed by atoms with Crippen molar-refractivity contribution in [1.29, 1.82) is 0 Å². The molecule has 0 spiro atoms. The Labute approximate surface area is 100 Å². The second-order valence-corrected chi connectivity index (χ2v) is 5.52. The van der Waals surface area contributed by atoms with Crippen LogP contribution in [0.25, 0.3) is 0 Å². The van der Waals surface area contributed by atoms with Crippen molar-refractivity contribution in [2.75, 3.05) is 4.72 Å². The molecule has 1 heterocycles. The lowest BCUT2D eigenvalue weighted by atomic mass is 10.3. The van der Waals surface area contributed by atoms with Crippen LogP contribution in [0, 0.1) is 0 Å². The molecule has 0 bridgehead atoms. The van der Waals surface area contributed by atoms with Crippen LogP contribution < -0.4 is 10.5 Å². The topological polar surface area (TPSA) is 85.1 Å². The Kier molecular flexibility index (Phi) is 4.19. The second-order valence-electron chi connectivity index (χ2n) is 3.18. The van der Waals surface area contributed by atoms with Gasteiger partial charge in [0.05, 0.1) is 10.7 Å². The van der Waals surface area contributed by atoms with E-state index in [1.807, 2.05) is 0 Å². The fourth-order valence-electron chi connectivity index (χ4n) is 1.23. The van der Waals surface area contributed by atoms with Crippen LogP contribution in [0.5, 0.6) is 0 Å². The normalized spacial score (nSPS) is 13.1. The highest BCUT2D eigenvalue weighted by Gasteiger charge is 2.26. The van der Waals surface area contributed by atoms with Gasteiger partial charge in [-0.15, -0.1) is 0 Å². The molecule has 3 N–H and O–H groups in total. The molecule has 16 heavy (non-hydrogen) atoms. The summed E-state index contributed by atoms with van der Waals surface area (Å²) in [6.45, 7) is 1.72. The van der Waals surface area contributed by atoms with Gasteiger partial charge in [0.15, 0.2) is 0 Å². The first-order chi connectivity index (χ1) is 7.47. The van der Waals surface area contributed by atoms with Gasteiger partial charge in [0.1, 0.15) is 5.25 Å². The number of anilines is 1. The minimum atomic E-state index is -3.57. The first-order valence-electron chi connectivity index (χ1n) is 4.68. The standard InChI is InChI=1S/C9H13N3O2S2/c1-2-8(9(10)15)16(13,14)12-7-3-5-11-6-4-7/h3-6,8H,2H2,1H3,(H2,10,15)(H,11,12). The molecule has 0 saturated heterocycles. The van der Waals surface area contributed by atoms with E-state index in [0.717, 1.165) is 0 Å². The van der Waals surface area contributed by atoms with Crippen LogP contribution in [0.3, 0.4) is 0 Å². The highest BCUT2D eigenvalue weighted by molar-refractivity contribution is 7.95. The molecule has 1 aromatic rings. The molecule has 0 aliphatic heterocycles. The van der Waals surface area contributed by atoms with Gasteiger partial charge in [-0.1, -0.05) is 19.1 Å². The molecule has 0 radical (unpaired) electrons. The Balaban J connectivity index is 2.91. The van der Waals surface area contributed by atoms with Gasteiger partial charge >= 0.3 is 0 Å². The van der Waals surface area contributed by atoms with Crippen molar-refractivity contribution in [2.45, 2.75) is 18.6 Å². The zero-order valence-corrected chi connectivity index (χ0v) is 10.4. The zero-order valence-electron chi connectivity index (χ0n) is 8.75. The summed E-state index contributed by atoms with van der Waals surface area (Å²) in [5.41, 5.74) is 5.84. The van der Waals surface area contributed by atoms with Crippen LogP contribution >= 0.6 is 12.2 Å². The molecule has 1 aromatic heterocycles. The number of pyridine rings is 1. The third kappa shape index (κ3) is 3.14. The Hall–Kier alpha value is -1.21. The monoisotopic (exact) mass is 259 g/mol. The second kappa shape index (κ2) is 5.22. The fraction of sp³-hybridized carbons (Fsp3) is 0.333. The highest BCUT2D eigenvalue weighted by atomic mass is 32.2. The minimum absolute atomic E-state index is 0.0240. The quantitative estimate of drug-likeness (QED) is 0.767. The highest BCUT2D eigenvalue weighted by Crippen LogP contribution is 2.12. The number of nitrogens with zero attached hydrogens (tertiary/aromatic N) is 1. The number of thiocarbonyl (C=S) groups is 1. The maximum Gasteiger partial charge on any atom is 0.242 e. The van der Waals surface area contributed by atoms with E-state index in [-0.39, 0.29) is 4.99 Å². The number of nitrogens with one attached hydrogen (secondary N) is 1. The van der Waals surface area contributed by atoms with E-state index in [9.17, 15) is 8.42 Å². The van der Waals surface area contributed by atoms with Gasteiger partial charge < -0.3 is 5.73 Å². The van der Waals surface area contributed by atoms with Gasteiger partial charge in [-0.3, -0.25) is 9.71 Å². The van der Waals surface area contributed by atoms with Crippen molar-refractivity contribution >= 4 is 32.9 Å². The number of aromatic nitrogens is 1. The molecule has 1 atom stereocenters. The smallest absolute Gasteiger partial charge is 0.242 e. The first-order valence-corrected chi connectivity index (χ1v) is 6.63. The van der Waals surface area contributed by atoms with Crippen LogP contribution in [0.1, 0.15) is 13.3 Å². The third-order valence-corrected chi connectivity index (χ3v) is 4.29. The number of sulfonamides is 1. The van der Waals surface area contributed by atoms with Crippen molar-refractivity contribution in [3.8, 4) is 0 Å². The summed E-state index contributed by atoms with van der Waals surface area (Å²) >= 11 is 4.73. The van der Waals surface area contributed by atoms with E-state index < -0.39 is 15.3 Å². The van der Waals surface area contributed by atoms with Crippen molar-refractivity contribution in [2.24, 2.45) is 5.73 Å². The van der Waals surface area contributed by atoms with Crippen LogP contribution in [0.15, 0.2) is 24.5 Å². The molecule has 88 valence electrons. The van der Waals surface area contributed by atoms with Gasteiger partial charge in [0.2, 0.25) is 10.0 Å². The summed E-state index contributed by atoms with van der Waals surface area (Å²) in [7, 11) is -3.57. The van der Waals surface area contributed by atoms with E-state index in [1.54, 1.807) is 19.1 Å². The molecule has 7 heteroatoms. The van der Waals surface area contributed by atoms with E-state index in [1.165, 1.54) is 12.4 Å². The van der Waals surface area contributed by atoms with E-state index in [4.69, 9.17) is 18.0 Å². The number of rotatable bonds is 5. The van der Waals surface area contributed by atoms with Crippen LogP contribution in [0.2, 0.25) is 0 Å². The summed E-state index contributed by atoms with van der Waals surface area (Å²) in [5, 5.41) is -0.851. The Bertz CT molecular complexity index is 459. The molecular weight excluding hydrogens is 246 g/mol. The van der Waals surface area contributed by atoms with Crippen molar-refractivity contribution < 1.29 is 8.42 Å². The molecule has 0 aliphatic rings. The van der Waals surface area contributed by atoms with Gasteiger partial charge in [-0.05, 0) is 18.6 Å². The Morgan fingerprint density at radius 1 is 1.56 bits per heavy atom. The Morgan fingerprint density at radius 3 is 2.56 bits per heavy atom. The molecule has 0 amide bonds. The fourth-order valence-corrected chi connectivity index (χ4v) is 3.13. The van der Waals surface area contributed by atoms with E-state index >= 15 is 0 Å². The number of hydrogen-bond acceptors (Lipinski definition) is 4. The summed E-state index contributed by atoms with van der Waals surface area (Å²) in [5.74, 6) is 0. The van der Waals surface area contributed by atoms with Gasteiger partial charge in [0, 0.05) is 12.4 Å². The van der Waals surface area contributed by atoms with E-state index in [2.05, 4.69) is 9.71 Å². The largest absolute Gasteiger partial charge is 0.392 e. The van der Waals surface area contributed by atoms with Crippen LogP contribution in [0.4, 0.5) is 5.69 Å². The molecule has 1 rings (SSSR count). The number of nitrogens with two attached hydrogens (primary N) is 1. The summed E-state index contributed by atoms with van der Waals surface area (Å²) in [6.07, 6.45) is 3.34. The van der Waals surface area contributed by atoms with Gasteiger partial charge in [-0.25, -0.2) is 8.42 Å². The summed E-state index contributed by atoms with van der Waals surface area (Å²) in [6, 6.07) is 3.12. The predicted octanol–water partition coefficient (Wildman–Crippen LogP) is 0.888. The number of hydrogen-bond donors (Lipinski definition) is 2. The summed E-state index contributed by atoms with van der Waals surface area (Å²) < 4.78 is 26.2. The minimum Gasteiger partial charge on any atom is -0.392 e. The lowest BCUT2D eigenvalue weighted by Gasteiger charge is -2.15. The average Bonchev–Trinajstić information content (AvgIpc) is 2.18. The third-order valence-electron chi connectivity index (χ3n) is 2.00. The van der Waals surface area contributed by atoms with Crippen LogP contribution in [-0.2, 0) is 10.0 Å². The van der Waals surface area contributed by atoms with Gasteiger partial charge in [-0.2, -0.15) is 0 Å². The molecule has 0 saturated carbocycles. The van der Waals surface area contributed by atoms with Crippen molar-refractivity contribution in [3.05, 3.63) is 24.5 Å². The van der Waals surface area contributed by atoms with Gasteiger partial charge in [0.25, 0.3) is 0 Å². The van der Waals surface area contributed by atoms with Crippen LogP contribution in [-0.4, -0.2) is 23.6 Å². The zero-order chi connectivity index (χ0) is 12.2. The lowest BCUT2D eigenvalue weighted by Crippen LogP contribution is -2.37. The molecule has 0 aliphatic carbocycles. The maximum atomic E-state index is 11.9. The van der Waals surface area contributed by atoms with Crippen molar-refractivity contribution in [3.63, 3.8) is 0 Å². The van der Waals surface area contributed by atoms with E-state index in [0.29, 0.717) is 12.1 Å². The first kappa shape index (κ1) is 12.9. The molecule has 0 aromatic carbocycles. The average molecular weight is 259 g/mol.